The maximum atomic E-state index is 13.2. The minimum absolute atomic E-state index is 0.268. The summed E-state index contributed by atoms with van der Waals surface area (Å²) in [6, 6.07) is 3.06. The van der Waals surface area contributed by atoms with Crippen LogP contribution in [0.4, 0.5) is 10.1 Å². The summed E-state index contributed by atoms with van der Waals surface area (Å²) >= 11 is 9.44. The summed E-state index contributed by atoms with van der Waals surface area (Å²) in [6.45, 7) is 5.07. The molecule has 0 bridgehead atoms. The molecule has 1 aliphatic rings. The Labute approximate surface area is 126 Å². The van der Waals surface area contributed by atoms with E-state index in [0.29, 0.717) is 21.5 Å². The number of halogens is 3. The predicted octanol–water partition coefficient (Wildman–Crippen LogP) is 4.86. The van der Waals surface area contributed by atoms with Crippen molar-refractivity contribution in [2.45, 2.75) is 38.8 Å². The second-order valence-corrected chi connectivity index (χ2v) is 6.52. The maximum Gasteiger partial charge on any atom is 0.125 e. The molecule has 0 amide bonds. The molecule has 0 aromatic heterocycles. The van der Waals surface area contributed by atoms with Gasteiger partial charge >= 0.3 is 0 Å². The molecule has 0 radical (unpaired) electrons. The standard InChI is InChI=1S/C14H18BrClFNO/c1-8(2)13-7-10(3-4-19-13)18-14-11(15)5-9(17)6-12(14)16/h5-6,8,10,13,18H,3-4,7H2,1-2H3. The summed E-state index contributed by atoms with van der Waals surface area (Å²) in [5.41, 5.74) is 0.762. The third-order valence-corrected chi connectivity index (χ3v) is 4.34. The van der Waals surface area contributed by atoms with Crippen molar-refractivity contribution < 1.29 is 9.13 Å². The van der Waals surface area contributed by atoms with Crippen molar-refractivity contribution in [3.63, 3.8) is 0 Å². The molecule has 0 aliphatic carbocycles. The van der Waals surface area contributed by atoms with Crippen LogP contribution in [-0.4, -0.2) is 18.8 Å². The van der Waals surface area contributed by atoms with E-state index >= 15 is 0 Å². The van der Waals surface area contributed by atoms with E-state index in [1.165, 1.54) is 12.1 Å². The first-order chi connectivity index (χ1) is 8.97. The highest BCUT2D eigenvalue weighted by Gasteiger charge is 2.25. The number of rotatable bonds is 3. The number of benzene rings is 1. The van der Waals surface area contributed by atoms with Crippen molar-refractivity contribution in [1.82, 2.24) is 0 Å². The zero-order valence-electron chi connectivity index (χ0n) is 11.1. The van der Waals surface area contributed by atoms with Crippen LogP contribution >= 0.6 is 27.5 Å². The number of hydrogen-bond acceptors (Lipinski definition) is 2. The monoisotopic (exact) mass is 349 g/mol. The van der Waals surface area contributed by atoms with Crippen LogP contribution < -0.4 is 5.32 Å². The lowest BCUT2D eigenvalue weighted by Crippen LogP contribution is -2.36. The first-order valence-corrected chi connectivity index (χ1v) is 7.67. The quantitative estimate of drug-likeness (QED) is 0.841. The fourth-order valence-corrected chi connectivity index (χ4v) is 3.23. The third-order valence-electron chi connectivity index (χ3n) is 3.41. The Kier molecular flexibility index (Phi) is 5.09. The normalized spacial score (nSPS) is 23.7. The number of nitrogens with one attached hydrogen (secondary N) is 1. The molecule has 1 heterocycles. The van der Waals surface area contributed by atoms with Crippen molar-refractivity contribution in [2.75, 3.05) is 11.9 Å². The minimum Gasteiger partial charge on any atom is -0.380 e. The highest BCUT2D eigenvalue weighted by molar-refractivity contribution is 9.10. The van der Waals surface area contributed by atoms with Crippen LogP contribution in [0.3, 0.4) is 0 Å². The van der Waals surface area contributed by atoms with Gasteiger partial charge in [-0.05, 0) is 46.8 Å². The van der Waals surface area contributed by atoms with Crippen molar-refractivity contribution >= 4 is 33.2 Å². The molecule has 1 saturated heterocycles. The number of hydrogen-bond donors (Lipinski definition) is 1. The largest absolute Gasteiger partial charge is 0.380 e. The smallest absolute Gasteiger partial charge is 0.125 e. The highest BCUT2D eigenvalue weighted by Crippen LogP contribution is 2.34. The molecule has 106 valence electrons. The molecule has 2 atom stereocenters. The SMILES string of the molecule is CC(C)C1CC(Nc2c(Cl)cc(F)cc2Br)CCO1. The van der Waals surface area contributed by atoms with Crippen LogP contribution in [0.5, 0.6) is 0 Å². The Morgan fingerprint density at radius 1 is 1.47 bits per heavy atom. The zero-order chi connectivity index (χ0) is 14.0. The molecule has 5 heteroatoms. The molecule has 2 nitrogen and oxygen atoms in total. The molecule has 1 aliphatic heterocycles. The van der Waals surface area contributed by atoms with Crippen LogP contribution in [-0.2, 0) is 4.74 Å². The van der Waals surface area contributed by atoms with Crippen LogP contribution in [0.2, 0.25) is 5.02 Å². The molecule has 1 fully saturated rings. The Bertz CT molecular complexity index is 432. The molecule has 1 aromatic carbocycles. The molecule has 2 unspecified atom stereocenters. The minimum atomic E-state index is -0.338. The van der Waals surface area contributed by atoms with Gasteiger partial charge in [0.05, 0.1) is 16.8 Å². The van der Waals surface area contributed by atoms with Gasteiger partial charge in [0, 0.05) is 17.1 Å². The zero-order valence-corrected chi connectivity index (χ0v) is 13.4. The fourth-order valence-electron chi connectivity index (χ4n) is 2.31. The van der Waals surface area contributed by atoms with Gasteiger partial charge < -0.3 is 10.1 Å². The molecule has 1 aromatic rings. The van der Waals surface area contributed by atoms with Gasteiger partial charge in [-0.25, -0.2) is 4.39 Å². The van der Waals surface area contributed by atoms with E-state index in [1.54, 1.807) is 0 Å². The van der Waals surface area contributed by atoms with Gasteiger partial charge in [0.2, 0.25) is 0 Å². The fraction of sp³-hybridized carbons (Fsp3) is 0.571. The van der Waals surface area contributed by atoms with Gasteiger partial charge in [-0.15, -0.1) is 0 Å². The Morgan fingerprint density at radius 3 is 2.84 bits per heavy atom. The van der Waals surface area contributed by atoms with Gasteiger partial charge in [-0.2, -0.15) is 0 Å². The van der Waals surface area contributed by atoms with E-state index in [9.17, 15) is 4.39 Å². The first-order valence-electron chi connectivity index (χ1n) is 6.50. The molecule has 1 N–H and O–H groups in total. The van der Waals surface area contributed by atoms with E-state index in [0.717, 1.165) is 25.1 Å². The summed E-state index contributed by atoms with van der Waals surface area (Å²) in [7, 11) is 0. The molecule has 19 heavy (non-hydrogen) atoms. The van der Waals surface area contributed by atoms with Crippen molar-refractivity contribution in [3.8, 4) is 0 Å². The maximum absolute atomic E-state index is 13.2. The second kappa shape index (κ2) is 6.42. The lowest BCUT2D eigenvalue weighted by molar-refractivity contribution is -0.0160. The number of anilines is 1. The first kappa shape index (κ1) is 15.1. The van der Waals surface area contributed by atoms with Gasteiger partial charge in [0.25, 0.3) is 0 Å². The van der Waals surface area contributed by atoms with Crippen LogP contribution in [0.1, 0.15) is 26.7 Å². The van der Waals surface area contributed by atoms with Crippen LogP contribution in [0.15, 0.2) is 16.6 Å². The van der Waals surface area contributed by atoms with Crippen molar-refractivity contribution in [3.05, 3.63) is 27.4 Å². The van der Waals surface area contributed by atoms with Crippen molar-refractivity contribution in [1.29, 1.82) is 0 Å². The summed E-state index contributed by atoms with van der Waals surface area (Å²) in [5, 5.41) is 3.81. The topological polar surface area (TPSA) is 21.3 Å². The summed E-state index contributed by atoms with van der Waals surface area (Å²) in [6.07, 6.45) is 2.14. The Morgan fingerprint density at radius 2 is 2.21 bits per heavy atom. The second-order valence-electron chi connectivity index (χ2n) is 5.26. The molecule has 0 spiro atoms. The predicted molar refractivity (Wildman–Crippen MR) is 80.3 cm³/mol. The van der Waals surface area contributed by atoms with E-state index in [-0.39, 0.29) is 11.9 Å². The summed E-state index contributed by atoms with van der Waals surface area (Å²) in [4.78, 5) is 0. The summed E-state index contributed by atoms with van der Waals surface area (Å²) < 4.78 is 19.6. The molecule has 2 rings (SSSR count). The average Bonchev–Trinajstić information content (AvgIpc) is 2.34. The van der Waals surface area contributed by atoms with Crippen LogP contribution in [0, 0.1) is 11.7 Å². The number of ether oxygens (including phenoxy) is 1. The summed E-state index contributed by atoms with van der Waals surface area (Å²) in [5.74, 6) is 0.159. The van der Waals surface area contributed by atoms with Gasteiger partial charge in [-0.3, -0.25) is 0 Å². The molecular weight excluding hydrogens is 333 g/mol. The van der Waals surface area contributed by atoms with Crippen molar-refractivity contribution in [2.24, 2.45) is 5.92 Å². The lowest BCUT2D eigenvalue weighted by atomic mass is 9.95. The molecule has 0 saturated carbocycles. The van der Waals surface area contributed by atoms with E-state index < -0.39 is 0 Å². The highest BCUT2D eigenvalue weighted by atomic mass is 79.9. The van der Waals surface area contributed by atoms with E-state index in [1.807, 2.05) is 0 Å². The Hall–Kier alpha value is -0.320. The molecular formula is C14H18BrClFNO. The van der Waals surface area contributed by atoms with Crippen LogP contribution in [0.25, 0.3) is 0 Å². The lowest BCUT2D eigenvalue weighted by Gasteiger charge is -2.33. The van der Waals surface area contributed by atoms with E-state index in [4.69, 9.17) is 16.3 Å². The van der Waals surface area contributed by atoms with E-state index in [2.05, 4.69) is 35.1 Å². The Balaban J connectivity index is 2.09. The van der Waals surface area contributed by atoms with Gasteiger partial charge in [-0.1, -0.05) is 25.4 Å². The van der Waals surface area contributed by atoms with Gasteiger partial charge in [0.1, 0.15) is 5.82 Å². The average molecular weight is 351 g/mol. The third kappa shape index (κ3) is 3.83. The van der Waals surface area contributed by atoms with Gasteiger partial charge in [0.15, 0.2) is 0 Å².